The van der Waals surface area contributed by atoms with E-state index in [1.165, 1.54) is 0 Å². The van der Waals surface area contributed by atoms with Crippen molar-refractivity contribution in [1.29, 1.82) is 0 Å². The Morgan fingerprint density at radius 1 is 1.33 bits per heavy atom. The minimum atomic E-state index is 0.204. The summed E-state index contributed by atoms with van der Waals surface area (Å²) in [5.74, 6) is 0.204. The Kier molecular flexibility index (Phi) is 1.71. The average molecular weight is 220 g/mol. The van der Waals surface area contributed by atoms with Crippen molar-refractivity contribution in [2.45, 2.75) is 19.8 Å². The molecule has 0 atom stereocenters. The van der Waals surface area contributed by atoms with Gasteiger partial charge >= 0.3 is 0 Å². The number of benzene rings is 1. The van der Waals surface area contributed by atoms with Gasteiger partial charge in [-0.05, 0) is 24.5 Å². The lowest BCUT2D eigenvalue weighted by Crippen LogP contribution is -1.91. The SMILES string of the molecule is Cc1ccc2c3c([nH]c2c1Cl)C(=O)CC3. The standard InChI is InChI=1S/C12H10ClNO/c1-6-2-3-8-7-4-5-9(15)11(7)14-12(8)10(6)13/h2-3,14H,4-5H2,1H3. The van der Waals surface area contributed by atoms with Crippen molar-refractivity contribution in [3.8, 4) is 0 Å². The Bertz CT molecular complexity index is 583. The second-order valence-electron chi connectivity index (χ2n) is 4.02. The fraction of sp³-hybridized carbons (Fsp3) is 0.250. The van der Waals surface area contributed by atoms with Crippen molar-refractivity contribution < 1.29 is 4.79 Å². The summed E-state index contributed by atoms with van der Waals surface area (Å²) in [5.41, 5.74) is 3.85. The van der Waals surface area contributed by atoms with Gasteiger partial charge in [0.25, 0.3) is 0 Å². The van der Waals surface area contributed by atoms with Gasteiger partial charge in [-0.25, -0.2) is 0 Å². The summed E-state index contributed by atoms with van der Waals surface area (Å²) in [6.45, 7) is 1.97. The highest BCUT2D eigenvalue weighted by Crippen LogP contribution is 2.34. The smallest absolute Gasteiger partial charge is 0.179 e. The summed E-state index contributed by atoms with van der Waals surface area (Å²) in [6.07, 6.45) is 1.47. The molecule has 2 aromatic rings. The largest absolute Gasteiger partial charge is 0.351 e. The van der Waals surface area contributed by atoms with Crippen molar-refractivity contribution in [2.24, 2.45) is 0 Å². The molecule has 0 saturated heterocycles. The van der Waals surface area contributed by atoms with E-state index >= 15 is 0 Å². The first-order chi connectivity index (χ1) is 7.18. The molecule has 0 amide bonds. The Balaban J connectivity index is 2.44. The van der Waals surface area contributed by atoms with Gasteiger partial charge in [-0.2, -0.15) is 0 Å². The number of hydrogen-bond donors (Lipinski definition) is 1. The molecule has 1 heterocycles. The molecular weight excluding hydrogens is 210 g/mol. The number of aryl methyl sites for hydroxylation is 2. The Hall–Kier alpha value is -1.28. The predicted octanol–water partition coefficient (Wildman–Crippen LogP) is 3.26. The summed E-state index contributed by atoms with van der Waals surface area (Å²) < 4.78 is 0. The number of carbonyl (C=O) groups excluding carboxylic acids is 1. The van der Waals surface area contributed by atoms with Crippen LogP contribution in [-0.2, 0) is 6.42 Å². The number of ketones is 1. The average Bonchev–Trinajstić information content (AvgIpc) is 2.74. The molecule has 0 radical (unpaired) electrons. The molecule has 1 N–H and O–H groups in total. The van der Waals surface area contributed by atoms with Crippen molar-refractivity contribution in [2.75, 3.05) is 0 Å². The van der Waals surface area contributed by atoms with Gasteiger partial charge in [0.2, 0.25) is 0 Å². The summed E-state index contributed by atoms with van der Waals surface area (Å²) in [6, 6.07) is 4.05. The first kappa shape index (κ1) is 8.98. The van der Waals surface area contributed by atoms with E-state index in [9.17, 15) is 4.79 Å². The fourth-order valence-corrected chi connectivity index (χ4v) is 2.46. The molecule has 1 aliphatic rings. The number of H-pyrrole nitrogens is 1. The first-order valence-corrected chi connectivity index (χ1v) is 5.39. The fourth-order valence-electron chi connectivity index (χ4n) is 2.25. The van der Waals surface area contributed by atoms with Crippen LogP contribution in [0.1, 0.15) is 28.0 Å². The molecule has 1 aromatic carbocycles. The number of hydrogen-bond acceptors (Lipinski definition) is 1. The van der Waals surface area contributed by atoms with Gasteiger partial charge in [0.15, 0.2) is 5.78 Å². The molecule has 15 heavy (non-hydrogen) atoms. The monoisotopic (exact) mass is 219 g/mol. The van der Waals surface area contributed by atoms with Crippen LogP contribution in [0.3, 0.4) is 0 Å². The molecular formula is C12H10ClNO. The summed E-state index contributed by atoms with van der Waals surface area (Å²) in [7, 11) is 0. The lowest BCUT2D eigenvalue weighted by Gasteiger charge is -1.99. The van der Waals surface area contributed by atoms with Crippen LogP contribution in [0.15, 0.2) is 12.1 Å². The number of nitrogens with one attached hydrogen (secondary N) is 1. The second-order valence-corrected chi connectivity index (χ2v) is 4.40. The Morgan fingerprint density at radius 3 is 2.93 bits per heavy atom. The van der Waals surface area contributed by atoms with E-state index in [1.807, 2.05) is 19.1 Å². The lowest BCUT2D eigenvalue weighted by atomic mass is 10.1. The maximum atomic E-state index is 11.6. The maximum Gasteiger partial charge on any atom is 0.179 e. The number of fused-ring (bicyclic) bond motifs is 3. The van der Waals surface area contributed by atoms with Crippen LogP contribution < -0.4 is 0 Å². The Morgan fingerprint density at radius 2 is 2.13 bits per heavy atom. The molecule has 0 saturated carbocycles. The van der Waals surface area contributed by atoms with Crippen LogP contribution in [-0.4, -0.2) is 10.8 Å². The molecule has 0 unspecified atom stereocenters. The number of carbonyl (C=O) groups is 1. The van der Waals surface area contributed by atoms with Gasteiger partial charge < -0.3 is 4.98 Å². The molecule has 0 fully saturated rings. The van der Waals surface area contributed by atoms with E-state index < -0.39 is 0 Å². The third-order valence-electron chi connectivity index (χ3n) is 3.09. The van der Waals surface area contributed by atoms with Gasteiger partial charge in [-0.15, -0.1) is 0 Å². The van der Waals surface area contributed by atoms with Crippen LogP contribution >= 0.6 is 11.6 Å². The zero-order valence-electron chi connectivity index (χ0n) is 8.36. The number of Topliss-reactive ketones (excluding diaryl/α,β-unsaturated/α-hetero) is 1. The molecule has 0 spiro atoms. The highest BCUT2D eigenvalue weighted by Gasteiger charge is 2.24. The van der Waals surface area contributed by atoms with Crippen molar-refractivity contribution in [3.05, 3.63) is 34.0 Å². The van der Waals surface area contributed by atoms with E-state index in [4.69, 9.17) is 11.6 Å². The highest BCUT2D eigenvalue weighted by atomic mass is 35.5. The summed E-state index contributed by atoms with van der Waals surface area (Å²) in [5, 5.41) is 1.83. The van der Waals surface area contributed by atoms with Gasteiger partial charge in [0.1, 0.15) is 0 Å². The molecule has 76 valence electrons. The second kappa shape index (κ2) is 2.86. The molecule has 3 heteroatoms. The minimum absolute atomic E-state index is 0.204. The van der Waals surface area contributed by atoms with E-state index in [2.05, 4.69) is 4.98 Å². The number of aromatic nitrogens is 1. The lowest BCUT2D eigenvalue weighted by molar-refractivity contribution is 0.0991. The van der Waals surface area contributed by atoms with Gasteiger partial charge in [0, 0.05) is 11.8 Å². The normalized spacial score (nSPS) is 14.9. The predicted molar refractivity (Wildman–Crippen MR) is 60.7 cm³/mol. The molecule has 3 rings (SSSR count). The number of rotatable bonds is 0. The quantitative estimate of drug-likeness (QED) is 0.725. The van der Waals surface area contributed by atoms with Crippen LogP contribution in [0.4, 0.5) is 0 Å². The van der Waals surface area contributed by atoms with Crippen LogP contribution in [0.25, 0.3) is 10.9 Å². The summed E-state index contributed by atoms with van der Waals surface area (Å²) in [4.78, 5) is 14.7. The molecule has 1 aliphatic carbocycles. The summed E-state index contributed by atoms with van der Waals surface area (Å²) >= 11 is 6.20. The van der Waals surface area contributed by atoms with Crippen LogP contribution in [0, 0.1) is 6.92 Å². The Labute approximate surface area is 92.2 Å². The third kappa shape index (κ3) is 1.08. The minimum Gasteiger partial charge on any atom is -0.351 e. The van der Waals surface area contributed by atoms with Crippen molar-refractivity contribution in [3.63, 3.8) is 0 Å². The van der Waals surface area contributed by atoms with E-state index in [1.54, 1.807) is 0 Å². The molecule has 2 nitrogen and oxygen atoms in total. The third-order valence-corrected chi connectivity index (χ3v) is 3.58. The topological polar surface area (TPSA) is 32.9 Å². The van der Waals surface area contributed by atoms with Gasteiger partial charge in [0.05, 0.1) is 16.2 Å². The van der Waals surface area contributed by atoms with E-state index in [-0.39, 0.29) is 5.78 Å². The van der Waals surface area contributed by atoms with Crippen LogP contribution in [0.2, 0.25) is 5.02 Å². The van der Waals surface area contributed by atoms with Crippen molar-refractivity contribution in [1.82, 2.24) is 4.98 Å². The van der Waals surface area contributed by atoms with Gasteiger partial charge in [-0.1, -0.05) is 23.7 Å². The van der Waals surface area contributed by atoms with E-state index in [0.29, 0.717) is 6.42 Å². The number of halogens is 1. The molecule has 1 aromatic heterocycles. The molecule has 0 bridgehead atoms. The highest BCUT2D eigenvalue weighted by molar-refractivity contribution is 6.36. The molecule has 0 aliphatic heterocycles. The van der Waals surface area contributed by atoms with E-state index in [0.717, 1.165) is 39.2 Å². The zero-order valence-corrected chi connectivity index (χ0v) is 9.11. The maximum absolute atomic E-state index is 11.6. The van der Waals surface area contributed by atoms with Crippen molar-refractivity contribution >= 4 is 28.3 Å². The van der Waals surface area contributed by atoms with Crippen LogP contribution in [0.5, 0.6) is 0 Å². The number of aromatic amines is 1. The zero-order chi connectivity index (χ0) is 10.6. The van der Waals surface area contributed by atoms with Gasteiger partial charge in [-0.3, -0.25) is 4.79 Å². The first-order valence-electron chi connectivity index (χ1n) is 5.01.